The van der Waals surface area contributed by atoms with Crippen molar-refractivity contribution in [2.45, 2.75) is 19.3 Å². The first-order valence-corrected chi connectivity index (χ1v) is 10.1. The van der Waals surface area contributed by atoms with Crippen LogP contribution in [0.2, 0.25) is 0 Å². The Morgan fingerprint density at radius 2 is 2.07 bits per heavy atom. The van der Waals surface area contributed by atoms with Crippen molar-refractivity contribution in [2.75, 3.05) is 18.4 Å². The maximum Gasteiger partial charge on any atom is 0.246 e. The summed E-state index contributed by atoms with van der Waals surface area (Å²) < 4.78 is 0. The second-order valence-corrected chi connectivity index (χ2v) is 7.37. The monoisotopic (exact) mass is 400 g/mol. The van der Waals surface area contributed by atoms with E-state index in [9.17, 15) is 4.79 Å². The van der Waals surface area contributed by atoms with Gasteiger partial charge < -0.3 is 10.2 Å². The summed E-state index contributed by atoms with van der Waals surface area (Å²) in [5.74, 6) is 1.83. The topological polar surface area (TPSA) is 83.9 Å². The number of anilines is 2. The van der Waals surface area contributed by atoms with Crippen molar-refractivity contribution in [3.8, 4) is 0 Å². The summed E-state index contributed by atoms with van der Waals surface area (Å²) >= 11 is 0. The minimum atomic E-state index is 0.0459. The summed E-state index contributed by atoms with van der Waals surface area (Å²) in [6.45, 7) is 1.54. The van der Waals surface area contributed by atoms with Crippen LogP contribution in [-0.2, 0) is 11.2 Å². The zero-order valence-corrected chi connectivity index (χ0v) is 16.7. The number of nitrogens with one attached hydrogen (secondary N) is 1. The molecule has 1 N–H and O–H groups in total. The average Bonchev–Trinajstić information content (AvgIpc) is 2.80. The van der Waals surface area contributed by atoms with Gasteiger partial charge in [0.1, 0.15) is 5.82 Å². The molecule has 1 atom stereocenters. The van der Waals surface area contributed by atoms with Crippen LogP contribution in [0, 0.1) is 5.92 Å². The third-order valence-electron chi connectivity index (χ3n) is 5.07. The maximum atomic E-state index is 12.6. The maximum absolute atomic E-state index is 12.6. The normalized spacial score (nSPS) is 16.5. The molecule has 1 aliphatic heterocycles. The van der Waals surface area contributed by atoms with E-state index in [0.29, 0.717) is 11.7 Å². The van der Waals surface area contributed by atoms with Crippen LogP contribution >= 0.6 is 0 Å². The summed E-state index contributed by atoms with van der Waals surface area (Å²) in [4.78, 5) is 22.8. The molecule has 4 rings (SSSR count). The number of carbonyl (C=O) groups excluding carboxylic acids is 1. The fourth-order valence-corrected chi connectivity index (χ4v) is 3.58. The van der Waals surface area contributed by atoms with E-state index in [2.05, 4.69) is 25.5 Å². The van der Waals surface area contributed by atoms with Crippen LogP contribution in [0.5, 0.6) is 0 Å². The highest BCUT2D eigenvalue weighted by Crippen LogP contribution is 2.21. The molecule has 0 radical (unpaired) electrons. The van der Waals surface area contributed by atoms with Crippen molar-refractivity contribution >= 4 is 23.6 Å². The second-order valence-electron chi connectivity index (χ2n) is 7.37. The SMILES string of the molecule is O=C(/C=C/c1cccnc1)N1CCC[C@H](Cc2ccc(Nc3ccccn3)nn2)C1. The molecule has 152 valence electrons. The fourth-order valence-electron chi connectivity index (χ4n) is 3.58. The minimum absolute atomic E-state index is 0.0459. The number of hydrogen-bond acceptors (Lipinski definition) is 6. The van der Waals surface area contributed by atoms with Crippen LogP contribution in [0.15, 0.2) is 67.1 Å². The van der Waals surface area contributed by atoms with Crippen LogP contribution in [0.3, 0.4) is 0 Å². The molecular formula is C23H24N6O. The molecule has 0 bridgehead atoms. The highest BCUT2D eigenvalue weighted by Gasteiger charge is 2.23. The Labute approximate surface area is 175 Å². The van der Waals surface area contributed by atoms with Gasteiger partial charge in [0.25, 0.3) is 0 Å². The van der Waals surface area contributed by atoms with E-state index in [1.165, 1.54) is 0 Å². The molecule has 3 aromatic heterocycles. The Kier molecular flexibility index (Phi) is 6.39. The number of likely N-dealkylation sites (tertiary alicyclic amines) is 1. The average molecular weight is 400 g/mol. The Bertz CT molecular complexity index is 976. The molecule has 0 saturated carbocycles. The standard InChI is InChI=1S/C23H24N6O/c30-23(11-8-18-5-3-12-24-16-18)29-14-4-6-19(17-29)15-20-9-10-22(28-27-20)26-21-7-1-2-13-25-21/h1-3,5,7-13,16,19H,4,6,14-15,17H2,(H,25,26,28)/b11-8+/t19-/m1/s1. The molecular weight excluding hydrogens is 376 g/mol. The predicted molar refractivity (Wildman–Crippen MR) is 116 cm³/mol. The van der Waals surface area contributed by atoms with Gasteiger partial charge in [-0.2, -0.15) is 5.10 Å². The van der Waals surface area contributed by atoms with E-state index in [4.69, 9.17) is 0 Å². The van der Waals surface area contributed by atoms with E-state index < -0.39 is 0 Å². The Balaban J connectivity index is 1.31. The molecule has 0 aliphatic carbocycles. The number of piperidine rings is 1. The van der Waals surface area contributed by atoms with Crippen molar-refractivity contribution in [1.29, 1.82) is 0 Å². The molecule has 1 saturated heterocycles. The van der Waals surface area contributed by atoms with E-state index >= 15 is 0 Å². The Morgan fingerprint density at radius 1 is 1.10 bits per heavy atom. The molecule has 0 unspecified atom stereocenters. The van der Waals surface area contributed by atoms with Crippen molar-refractivity contribution < 1.29 is 4.79 Å². The quantitative estimate of drug-likeness (QED) is 0.638. The third-order valence-corrected chi connectivity index (χ3v) is 5.07. The lowest BCUT2D eigenvalue weighted by atomic mass is 9.93. The smallest absolute Gasteiger partial charge is 0.246 e. The zero-order valence-electron chi connectivity index (χ0n) is 16.7. The number of hydrogen-bond donors (Lipinski definition) is 1. The molecule has 7 nitrogen and oxygen atoms in total. The number of aromatic nitrogens is 4. The lowest BCUT2D eigenvalue weighted by Crippen LogP contribution is -2.39. The minimum Gasteiger partial charge on any atom is -0.339 e. The van der Waals surface area contributed by atoms with E-state index in [-0.39, 0.29) is 5.91 Å². The highest BCUT2D eigenvalue weighted by atomic mass is 16.2. The summed E-state index contributed by atoms with van der Waals surface area (Å²) in [6, 6.07) is 13.4. The van der Waals surface area contributed by atoms with Crippen LogP contribution in [0.25, 0.3) is 6.08 Å². The molecule has 7 heteroatoms. The lowest BCUT2D eigenvalue weighted by molar-refractivity contribution is -0.127. The highest BCUT2D eigenvalue weighted by molar-refractivity contribution is 5.91. The van der Waals surface area contributed by atoms with Crippen LogP contribution in [-0.4, -0.2) is 44.1 Å². The van der Waals surface area contributed by atoms with Gasteiger partial charge in [0, 0.05) is 37.8 Å². The molecule has 1 amide bonds. The van der Waals surface area contributed by atoms with E-state index in [0.717, 1.165) is 49.4 Å². The van der Waals surface area contributed by atoms with Gasteiger partial charge in [0.15, 0.2) is 5.82 Å². The Hall–Kier alpha value is -3.61. The predicted octanol–water partition coefficient (Wildman–Crippen LogP) is 3.50. The van der Waals surface area contributed by atoms with E-state index in [1.54, 1.807) is 24.7 Å². The lowest BCUT2D eigenvalue weighted by Gasteiger charge is -2.32. The van der Waals surface area contributed by atoms with Gasteiger partial charge in [-0.25, -0.2) is 4.98 Å². The number of pyridine rings is 2. The molecule has 3 aromatic rings. The van der Waals surface area contributed by atoms with Gasteiger partial charge in [-0.05, 0) is 67.2 Å². The first-order valence-electron chi connectivity index (χ1n) is 10.1. The van der Waals surface area contributed by atoms with Crippen molar-refractivity contribution in [3.05, 3.63) is 78.4 Å². The number of amides is 1. The molecule has 0 aromatic carbocycles. The summed E-state index contributed by atoms with van der Waals surface area (Å²) in [5.41, 5.74) is 1.86. The van der Waals surface area contributed by atoms with Crippen molar-refractivity contribution in [1.82, 2.24) is 25.1 Å². The van der Waals surface area contributed by atoms with Crippen molar-refractivity contribution in [2.24, 2.45) is 5.92 Å². The third kappa shape index (κ3) is 5.47. The summed E-state index contributed by atoms with van der Waals surface area (Å²) in [6.07, 6.45) is 11.6. The summed E-state index contributed by atoms with van der Waals surface area (Å²) in [7, 11) is 0. The Morgan fingerprint density at radius 3 is 2.83 bits per heavy atom. The first kappa shape index (κ1) is 19.7. The van der Waals surface area contributed by atoms with Gasteiger partial charge in [0.05, 0.1) is 5.69 Å². The number of nitrogens with zero attached hydrogens (tertiary/aromatic N) is 5. The van der Waals surface area contributed by atoms with Crippen LogP contribution in [0.4, 0.5) is 11.6 Å². The van der Waals surface area contributed by atoms with Gasteiger partial charge in [-0.15, -0.1) is 5.10 Å². The second kappa shape index (κ2) is 9.73. The first-order chi connectivity index (χ1) is 14.8. The van der Waals surface area contributed by atoms with Crippen LogP contribution < -0.4 is 5.32 Å². The van der Waals surface area contributed by atoms with Gasteiger partial charge in [-0.1, -0.05) is 12.1 Å². The molecule has 1 aliphatic rings. The molecule has 4 heterocycles. The molecule has 1 fully saturated rings. The van der Waals surface area contributed by atoms with Crippen molar-refractivity contribution in [3.63, 3.8) is 0 Å². The van der Waals surface area contributed by atoms with Gasteiger partial charge in [-0.3, -0.25) is 9.78 Å². The molecule has 30 heavy (non-hydrogen) atoms. The zero-order chi connectivity index (χ0) is 20.6. The number of carbonyl (C=O) groups is 1. The number of rotatable bonds is 6. The van der Waals surface area contributed by atoms with Crippen LogP contribution in [0.1, 0.15) is 24.1 Å². The molecule has 0 spiro atoms. The summed E-state index contributed by atoms with van der Waals surface area (Å²) in [5, 5.41) is 11.7. The van der Waals surface area contributed by atoms with E-state index in [1.807, 2.05) is 53.4 Å². The van der Waals surface area contributed by atoms with Gasteiger partial charge in [0.2, 0.25) is 5.91 Å². The van der Waals surface area contributed by atoms with Gasteiger partial charge >= 0.3 is 0 Å². The largest absolute Gasteiger partial charge is 0.339 e. The fraction of sp³-hybridized carbons (Fsp3) is 0.261.